The number of ether oxygens (including phenoxy) is 1. The maximum absolute atomic E-state index is 14.2. The normalized spacial score (nSPS) is 10.9. The molecule has 0 radical (unpaired) electrons. The predicted molar refractivity (Wildman–Crippen MR) is 165 cm³/mol. The quantitative estimate of drug-likeness (QED) is 0.113. The van der Waals surface area contributed by atoms with Crippen LogP contribution in [0.25, 0.3) is 33.4 Å². The van der Waals surface area contributed by atoms with Crippen LogP contribution in [0.2, 0.25) is 0 Å². The number of carbonyl (C=O) groups is 2. The van der Waals surface area contributed by atoms with Crippen molar-refractivity contribution in [3.63, 3.8) is 0 Å². The molecule has 0 N–H and O–H groups in total. The second-order valence-electron chi connectivity index (χ2n) is 10.1. The summed E-state index contributed by atoms with van der Waals surface area (Å²) in [6.45, 7) is 0. The number of benzene rings is 4. The minimum atomic E-state index is -1.38. The van der Waals surface area contributed by atoms with Crippen LogP contribution in [-0.2, 0) is 0 Å². The Bertz CT molecular complexity index is 2460. The molecule has 242 valence electrons. The summed E-state index contributed by atoms with van der Waals surface area (Å²) in [5.74, 6) is -3.66. The van der Waals surface area contributed by atoms with Gasteiger partial charge < -0.3 is 9.15 Å². The number of nitro groups is 4. The van der Waals surface area contributed by atoms with E-state index in [1.165, 1.54) is 48.5 Å². The molecule has 0 spiro atoms. The monoisotopic (exact) mass is 666 g/mol. The Morgan fingerprint density at radius 3 is 1.71 bits per heavy atom. The van der Waals surface area contributed by atoms with Crippen LogP contribution in [0.15, 0.2) is 94.1 Å². The van der Waals surface area contributed by atoms with Gasteiger partial charge in [0.25, 0.3) is 34.5 Å². The molecule has 49 heavy (non-hydrogen) atoms. The number of hydrogen-bond donors (Lipinski definition) is 0. The van der Waals surface area contributed by atoms with Gasteiger partial charge in [-0.25, -0.2) is 14.6 Å². The van der Waals surface area contributed by atoms with E-state index in [4.69, 9.17) is 9.15 Å². The van der Waals surface area contributed by atoms with Crippen LogP contribution in [0.1, 0.15) is 20.7 Å². The van der Waals surface area contributed by atoms with Gasteiger partial charge in [0.2, 0.25) is 0 Å². The Labute approximate surface area is 268 Å². The molecular weight excluding hydrogens is 652 g/mol. The molecule has 0 aliphatic rings. The third kappa shape index (κ3) is 5.65. The molecular formula is C30H14N6O13. The molecule has 0 fully saturated rings. The van der Waals surface area contributed by atoms with Gasteiger partial charge in [0.05, 0.1) is 59.4 Å². The van der Waals surface area contributed by atoms with Crippen molar-refractivity contribution in [2.45, 2.75) is 0 Å². The first kappa shape index (κ1) is 31.3. The molecule has 2 aromatic heterocycles. The number of carbonyl (C=O) groups excluding carboxylic acids is 2. The van der Waals surface area contributed by atoms with Crippen molar-refractivity contribution in [2.24, 2.45) is 0 Å². The van der Waals surface area contributed by atoms with Crippen LogP contribution in [0.3, 0.4) is 0 Å². The third-order valence-electron chi connectivity index (χ3n) is 7.10. The first-order chi connectivity index (χ1) is 23.3. The van der Waals surface area contributed by atoms with Crippen LogP contribution >= 0.6 is 0 Å². The van der Waals surface area contributed by atoms with Crippen LogP contribution in [0.5, 0.6) is 5.75 Å². The molecule has 0 saturated carbocycles. The van der Waals surface area contributed by atoms with Gasteiger partial charge in [0.1, 0.15) is 0 Å². The molecule has 2 heterocycles. The number of para-hydroxylation sites is 2. The lowest BCUT2D eigenvalue weighted by molar-refractivity contribution is -0.394. The van der Waals surface area contributed by atoms with Crippen LogP contribution in [-0.4, -0.2) is 41.1 Å². The summed E-state index contributed by atoms with van der Waals surface area (Å²) in [6.07, 6.45) is 0. The van der Waals surface area contributed by atoms with Crippen LogP contribution < -0.4 is 10.4 Å². The zero-order valence-corrected chi connectivity index (χ0v) is 24.1. The lowest BCUT2D eigenvalue weighted by Crippen LogP contribution is -2.16. The summed E-state index contributed by atoms with van der Waals surface area (Å²) >= 11 is 0. The highest BCUT2D eigenvalue weighted by molar-refractivity contribution is 6.10. The van der Waals surface area contributed by atoms with E-state index in [2.05, 4.69) is 4.98 Å². The smallest absolute Gasteiger partial charge is 0.347 e. The van der Waals surface area contributed by atoms with E-state index < -0.39 is 88.4 Å². The van der Waals surface area contributed by atoms with Gasteiger partial charge in [-0.2, -0.15) is 0 Å². The van der Waals surface area contributed by atoms with E-state index in [1.54, 1.807) is 0 Å². The average molecular weight is 666 g/mol. The van der Waals surface area contributed by atoms with Crippen molar-refractivity contribution >= 4 is 56.4 Å². The van der Waals surface area contributed by atoms with Gasteiger partial charge in [-0.1, -0.05) is 24.3 Å². The van der Waals surface area contributed by atoms with E-state index in [1.807, 2.05) is 0 Å². The van der Waals surface area contributed by atoms with Gasteiger partial charge in [0, 0.05) is 29.7 Å². The summed E-state index contributed by atoms with van der Waals surface area (Å²) in [6, 6.07) is 15.7. The maximum Gasteiger partial charge on any atom is 0.347 e. The minimum absolute atomic E-state index is 0.0250. The van der Waals surface area contributed by atoms with E-state index in [0.29, 0.717) is 12.1 Å². The highest BCUT2D eigenvalue weighted by Crippen LogP contribution is 2.41. The van der Waals surface area contributed by atoms with E-state index >= 15 is 0 Å². The van der Waals surface area contributed by atoms with Crippen molar-refractivity contribution in [1.29, 1.82) is 0 Å². The SMILES string of the molecule is O=C(Oc1c(-c2nc3ccccc3c(=O)o2)n(C(=O)c2cc([N+](=O)[O-])cc([N+](=O)[O-])c2)c2ccccc12)c1cc([N+](=O)[O-])cc([N+](=O)[O-])c1. The van der Waals surface area contributed by atoms with E-state index in [9.17, 15) is 54.8 Å². The zero-order valence-electron chi connectivity index (χ0n) is 24.1. The van der Waals surface area contributed by atoms with Crippen molar-refractivity contribution in [3.8, 4) is 17.3 Å². The first-order valence-corrected chi connectivity index (χ1v) is 13.5. The molecule has 6 aromatic rings. The fourth-order valence-corrected chi connectivity index (χ4v) is 4.97. The number of esters is 1. The Morgan fingerprint density at radius 1 is 0.673 bits per heavy atom. The Kier molecular flexibility index (Phi) is 7.60. The zero-order chi connectivity index (χ0) is 35.1. The largest absolute Gasteiger partial charge is 0.420 e. The predicted octanol–water partition coefficient (Wildman–Crippen LogP) is 5.35. The molecule has 0 aliphatic heterocycles. The lowest BCUT2D eigenvalue weighted by atomic mass is 10.1. The molecule has 0 unspecified atom stereocenters. The summed E-state index contributed by atoms with van der Waals surface area (Å²) in [5.41, 5.74) is -5.90. The van der Waals surface area contributed by atoms with Gasteiger partial charge in [-0.3, -0.25) is 49.8 Å². The van der Waals surface area contributed by atoms with E-state index in [0.717, 1.165) is 28.8 Å². The Morgan fingerprint density at radius 2 is 1.16 bits per heavy atom. The van der Waals surface area contributed by atoms with Crippen molar-refractivity contribution in [1.82, 2.24) is 9.55 Å². The van der Waals surface area contributed by atoms with Crippen molar-refractivity contribution in [3.05, 3.63) is 147 Å². The second-order valence-corrected chi connectivity index (χ2v) is 10.1. The van der Waals surface area contributed by atoms with Crippen LogP contribution in [0.4, 0.5) is 22.7 Å². The second kappa shape index (κ2) is 11.9. The minimum Gasteiger partial charge on any atom is -0.420 e. The van der Waals surface area contributed by atoms with Gasteiger partial charge in [-0.05, 0) is 24.3 Å². The topological polar surface area (TPSA) is 264 Å². The van der Waals surface area contributed by atoms with E-state index in [-0.39, 0.29) is 21.8 Å². The molecule has 0 amide bonds. The van der Waals surface area contributed by atoms with Gasteiger partial charge in [0.15, 0.2) is 11.4 Å². The Balaban J connectivity index is 1.65. The highest BCUT2D eigenvalue weighted by atomic mass is 16.6. The summed E-state index contributed by atoms with van der Waals surface area (Å²) in [7, 11) is 0. The number of nitrogens with zero attached hydrogens (tertiary/aromatic N) is 6. The number of nitro benzene ring substituents is 4. The maximum atomic E-state index is 14.2. The fourth-order valence-electron chi connectivity index (χ4n) is 4.97. The van der Waals surface area contributed by atoms with Gasteiger partial charge in [-0.15, -0.1) is 0 Å². The summed E-state index contributed by atoms with van der Waals surface area (Å²) < 4.78 is 11.9. The lowest BCUT2D eigenvalue weighted by Gasteiger charge is -2.11. The number of fused-ring (bicyclic) bond motifs is 2. The average Bonchev–Trinajstić information content (AvgIpc) is 3.41. The number of aromatic nitrogens is 2. The summed E-state index contributed by atoms with van der Waals surface area (Å²) in [5, 5.41) is 46.1. The molecule has 0 saturated heterocycles. The Hall–Kier alpha value is -7.70. The van der Waals surface area contributed by atoms with Gasteiger partial charge >= 0.3 is 11.6 Å². The number of hydrogen-bond acceptors (Lipinski definition) is 14. The first-order valence-electron chi connectivity index (χ1n) is 13.5. The number of non-ortho nitro benzene ring substituents is 4. The molecule has 19 heteroatoms. The fraction of sp³-hybridized carbons (Fsp3) is 0. The molecule has 0 aliphatic carbocycles. The highest BCUT2D eigenvalue weighted by Gasteiger charge is 2.32. The molecule has 0 bridgehead atoms. The summed E-state index contributed by atoms with van der Waals surface area (Å²) in [4.78, 5) is 87.4. The molecule has 4 aromatic carbocycles. The van der Waals surface area contributed by atoms with Crippen LogP contribution in [0, 0.1) is 40.5 Å². The molecule has 19 nitrogen and oxygen atoms in total. The molecule has 0 atom stereocenters. The number of rotatable bonds is 8. The van der Waals surface area contributed by atoms with Crippen molar-refractivity contribution in [2.75, 3.05) is 0 Å². The molecule has 6 rings (SSSR count). The van der Waals surface area contributed by atoms with Crippen molar-refractivity contribution < 1.29 is 38.4 Å². The third-order valence-corrected chi connectivity index (χ3v) is 7.10. The standard InChI is InChI=1S/C30H14N6O13/c37-28(15-9-17(33(40)41)13-18(10-15)34(42)43)32-24-8-4-2-6-22(24)26(25(32)27-31-23-7-3-1-5-21(23)30(39)49-27)48-29(38)16-11-19(35(44)45)14-20(12-16)36(46)47/h1-14H.